The van der Waals surface area contributed by atoms with E-state index in [1.807, 2.05) is 0 Å². The minimum absolute atomic E-state index is 0.0652. The lowest BCUT2D eigenvalue weighted by Gasteiger charge is -2.12. The SMILES string of the molecule is CNC1C(=O)Nc2cc(OCC(C)C)c(Cl)cc21. The minimum atomic E-state index is -0.336. The first-order chi connectivity index (χ1) is 8.52. The molecule has 0 fully saturated rings. The van der Waals surface area contributed by atoms with Crippen molar-refractivity contribution in [2.45, 2.75) is 19.9 Å². The van der Waals surface area contributed by atoms with Crippen LogP contribution in [0.3, 0.4) is 0 Å². The van der Waals surface area contributed by atoms with Gasteiger partial charge in [0.2, 0.25) is 5.91 Å². The summed E-state index contributed by atoms with van der Waals surface area (Å²) in [5.74, 6) is 0.972. The fraction of sp³-hybridized carbons (Fsp3) is 0.462. The van der Waals surface area contributed by atoms with Gasteiger partial charge in [-0.1, -0.05) is 25.4 Å². The molecule has 0 aromatic heterocycles. The molecule has 5 heteroatoms. The van der Waals surface area contributed by atoms with E-state index in [4.69, 9.17) is 16.3 Å². The summed E-state index contributed by atoms with van der Waals surface area (Å²) in [4.78, 5) is 11.7. The number of hydrogen-bond acceptors (Lipinski definition) is 3. The molecule has 2 rings (SSSR count). The highest BCUT2D eigenvalue weighted by molar-refractivity contribution is 6.32. The number of ether oxygens (including phenoxy) is 1. The molecule has 0 saturated heterocycles. The molecule has 18 heavy (non-hydrogen) atoms. The highest BCUT2D eigenvalue weighted by Gasteiger charge is 2.30. The summed E-state index contributed by atoms with van der Waals surface area (Å²) in [6.07, 6.45) is 0. The monoisotopic (exact) mass is 268 g/mol. The van der Waals surface area contributed by atoms with Crippen molar-refractivity contribution in [2.24, 2.45) is 5.92 Å². The predicted octanol–water partition coefficient (Wildman–Crippen LogP) is 2.59. The van der Waals surface area contributed by atoms with Crippen LogP contribution in [-0.2, 0) is 4.79 Å². The van der Waals surface area contributed by atoms with Crippen LogP contribution in [0.5, 0.6) is 5.75 Å². The quantitative estimate of drug-likeness (QED) is 0.882. The smallest absolute Gasteiger partial charge is 0.246 e. The second kappa shape index (κ2) is 5.16. The number of benzene rings is 1. The van der Waals surface area contributed by atoms with E-state index in [1.165, 1.54) is 0 Å². The highest BCUT2D eigenvalue weighted by Crippen LogP contribution is 2.38. The Morgan fingerprint density at radius 2 is 2.22 bits per heavy atom. The summed E-state index contributed by atoms with van der Waals surface area (Å²) >= 11 is 6.17. The molecule has 0 radical (unpaired) electrons. The van der Waals surface area contributed by atoms with E-state index in [-0.39, 0.29) is 11.9 Å². The molecule has 1 aliphatic heterocycles. The summed E-state index contributed by atoms with van der Waals surface area (Å²) in [5, 5.41) is 6.30. The lowest BCUT2D eigenvalue weighted by molar-refractivity contribution is -0.117. The highest BCUT2D eigenvalue weighted by atomic mass is 35.5. The molecule has 1 aromatic rings. The first kappa shape index (κ1) is 13.2. The standard InChI is InChI=1S/C13H17ClN2O2/c1-7(2)6-18-11-5-10-8(4-9(11)14)12(15-3)13(17)16-10/h4-5,7,12,15H,6H2,1-3H3,(H,16,17). The van der Waals surface area contributed by atoms with E-state index in [9.17, 15) is 4.79 Å². The third-order valence-electron chi connectivity index (χ3n) is 2.80. The van der Waals surface area contributed by atoms with E-state index in [0.717, 1.165) is 11.3 Å². The number of fused-ring (bicyclic) bond motifs is 1. The van der Waals surface area contributed by atoms with E-state index in [0.29, 0.717) is 23.3 Å². The maximum Gasteiger partial charge on any atom is 0.246 e. The Hall–Kier alpha value is -1.26. The van der Waals surface area contributed by atoms with Crippen molar-refractivity contribution < 1.29 is 9.53 Å². The van der Waals surface area contributed by atoms with Crippen molar-refractivity contribution in [3.63, 3.8) is 0 Å². The van der Waals surface area contributed by atoms with Gasteiger partial charge in [0.25, 0.3) is 0 Å². The molecule has 1 aromatic carbocycles. The number of nitrogens with one attached hydrogen (secondary N) is 2. The van der Waals surface area contributed by atoms with Crippen LogP contribution < -0.4 is 15.4 Å². The van der Waals surface area contributed by atoms with Crippen LogP contribution >= 0.6 is 11.6 Å². The van der Waals surface area contributed by atoms with Crippen LogP contribution in [-0.4, -0.2) is 19.6 Å². The molecular formula is C13H17ClN2O2. The first-order valence-electron chi connectivity index (χ1n) is 5.97. The number of carbonyl (C=O) groups excluding carboxylic acids is 1. The average molecular weight is 269 g/mol. The topological polar surface area (TPSA) is 50.4 Å². The van der Waals surface area contributed by atoms with Gasteiger partial charge in [0.05, 0.1) is 11.6 Å². The number of amides is 1. The number of anilines is 1. The molecule has 1 unspecified atom stereocenters. The molecule has 1 amide bonds. The van der Waals surface area contributed by atoms with Crippen LogP contribution in [0.2, 0.25) is 5.02 Å². The van der Waals surface area contributed by atoms with Crippen LogP contribution in [0.4, 0.5) is 5.69 Å². The summed E-state index contributed by atoms with van der Waals surface area (Å²) in [6, 6.07) is 3.23. The number of rotatable bonds is 4. The van der Waals surface area contributed by atoms with Gasteiger partial charge >= 0.3 is 0 Å². The van der Waals surface area contributed by atoms with Gasteiger partial charge in [0.15, 0.2) is 0 Å². The number of likely N-dealkylation sites (N-methyl/N-ethyl adjacent to an activating group) is 1. The number of hydrogen-bond donors (Lipinski definition) is 2. The fourth-order valence-electron chi connectivity index (χ4n) is 1.92. The average Bonchev–Trinajstić information content (AvgIpc) is 2.60. The van der Waals surface area contributed by atoms with Crippen LogP contribution in [0.1, 0.15) is 25.5 Å². The lowest BCUT2D eigenvalue weighted by Crippen LogP contribution is -2.23. The van der Waals surface area contributed by atoms with Gasteiger partial charge in [-0.15, -0.1) is 0 Å². The van der Waals surface area contributed by atoms with Crippen molar-refractivity contribution >= 4 is 23.2 Å². The zero-order chi connectivity index (χ0) is 13.3. The minimum Gasteiger partial charge on any atom is -0.492 e. The van der Waals surface area contributed by atoms with Gasteiger partial charge in [-0.05, 0) is 19.0 Å². The fourth-order valence-corrected chi connectivity index (χ4v) is 2.14. The lowest BCUT2D eigenvalue weighted by atomic mass is 10.1. The van der Waals surface area contributed by atoms with Crippen LogP contribution in [0.15, 0.2) is 12.1 Å². The molecule has 1 atom stereocenters. The maximum absolute atomic E-state index is 11.7. The molecule has 1 aliphatic rings. The zero-order valence-corrected chi connectivity index (χ0v) is 11.5. The second-order valence-corrected chi connectivity index (χ2v) is 5.19. The van der Waals surface area contributed by atoms with Crippen LogP contribution in [0, 0.1) is 5.92 Å². The van der Waals surface area contributed by atoms with Crippen LogP contribution in [0.25, 0.3) is 0 Å². The largest absolute Gasteiger partial charge is 0.492 e. The van der Waals surface area contributed by atoms with Crippen molar-refractivity contribution in [3.05, 3.63) is 22.7 Å². The Balaban J connectivity index is 2.28. The van der Waals surface area contributed by atoms with E-state index in [1.54, 1.807) is 19.2 Å². The zero-order valence-electron chi connectivity index (χ0n) is 10.7. The first-order valence-corrected chi connectivity index (χ1v) is 6.35. The Morgan fingerprint density at radius 1 is 1.50 bits per heavy atom. The van der Waals surface area contributed by atoms with Crippen molar-refractivity contribution in [1.82, 2.24) is 5.32 Å². The molecule has 0 spiro atoms. The molecule has 2 N–H and O–H groups in total. The second-order valence-electron chi connectivity index (χ2n) is 4.79. The third-order valence-corrected chi connectivity index (χ3v) is 3.09. The molecule has 1 heterocycles. The van der Waals surface area contributed by atoms with E-state index in [2.05, 4.69) is 24.5 Å². The summed E-state index contributed by atoms with van der Waals surface area (Å²) in [6.45, 7) is 4.74. The summed E-state index contributed by atoms with van der Waals surface area (Å²) in [5.41, 5.74) is 1.63. The van der Waals surface area contributed by atoms with Gasteiger partial charge < -0.3 is 15.4 Å². The molecule has 98 valence electrons. The van der Waals surface area contributed by atoms with E-state index >= 15 is 0 Å². The Bertz CT molecular complexity index is 474. The number of carbonyl (C=O) groups is 1. The maximum atomic E-state index is 11.7. The Labute approximate surface area is 112 Å². The molecular weight excluding hydrogens is 252 g/mol. The molecule has 0 saturated carbocycles. The summed E-state index contributed by atoms with van der Waals surface area (Å²) in [7, 11) is 1.75. The Morgan fingerprint density at radius 3 is 2.83 bits per heavy atom. The van der Waals surface area contributed by atoms with Crippen molar-refractivity contribution in [3.8, 4) is 5.75 Å². The van der Waals surface area contributed by atoms with Gasteiger partial charge in [0.1, 0.15) is 11.8 Å². The van der Waals surface area contributed by atoms with E-state index < -0.39 is 0 Å². The van der Waals surface area contributed by atoms with Gasteiger partial charge in [-0.2, -0.15) is 0 Å². The summed E-state index contributed by atoms with van der Waals surface area (Å²) < 4.78 is 5.62. The van der Waals surface area contributed by atoms with Gasteiger partial charge in [-0.25, -0.2) is 0 Å². The number of halogens is 1. The third kappa shape index (κ3) is 2.44. The van der Waals surface area contributed by atoms with Gasteiger partial charge in [-0.3, -0.25) is 4.79 Å². The molecule has 0 bridgehead atoms. The Kier molecular flexibility index (Phi) is 3.78. The van der Waals surface area contributed by atoms with Crippen molar-refractivity contribution in [2.75, 3.05) is 19.0 Å². The normalized spacial score (nSPS) is 17.8. The van der Waals surface area contributed by atoms with Gasteiger partial charge in [0, 0.05) is 17.3 Å². The predicted molar refractivity (Wildman–Crippen MR) is 72.2 cm³/mol. The molecule has 0 aliphatic carbocycles. The molecule has 4 nitrogen and oxygen atoms in total. The van der Waals surface area contributed by atoms with Crippen molar-refractivity contribution in [1.29, 1.82) is 0 Å².